The van der Waals surface area contributed by atoms with E-state index in [1.54, 1.807) is 27.0 Å². The standard InChI is InChI=1S/C20H27N5O7S/c1-19(2,3)32-18(29)24-7-11(27)21-14-12-9(24)6-25(15(12)23-17(22-14)33-5)16-20(4,30)13(28)10(8-26)31-16/h6,10,13,16,26,28,30H,7-8H2,1-5H3,(H,21,22,23,27)/t10-,13-,16?,20+/m1/s1. The van der Waals surface area contributed by atoms with Gasteiger partial charge in [0, 0.05) is 6.20 Å². The number of nitrogens with zero attached hydrogens (tertiary/aromatic N) is 4. The fourth-order valence-corrected chi connectivity index (χ4v) is 4.31. The molecule has 4 heterocycles. The van der Waals surface area contributed by atoms with Crippen LogP contribution in [0.3, 0.4) is 0 Å². The predicted molar refractivity (Wildman–Crippen MR) is 119 cm³/mol. The quantitative estimate of drug-likeness (QED) is 0.366. The maximum atomic E-state index is 13.0. The number of aliphatic hydroxyl groups is 3. The number of aromatic nitrogens is 3. The van der Waals surface area contributed by atoms with Crippen molar-refractivity contribution in [1.29, 1.82) is 0 Å². The van der Waals surface area contributed by atoms with Crippen LogP contribution in [-0.4, -0.2) is 84.7 Å². The Hall–Kier alpha value is -2.45. The molecule has 4 atom stereocenters. The van der Waals surface area contributed by atoms with Gasteiger partial charge < -0.3 is 34.7 Å². The molecule has 2 aliphatic heterocycles. The molecular weight excluding hydrogens is 454 g/mol. The van der Waals surface area contributed by atoms with Crippen molar-refractivity contribution in [3.05, 3.63) is 6.20 Å². The van der Waals surface area contributed by atoms with Gasteiger partial charge >= 0.3 is 6.09 Å². The van der Waals surface area contributed by atoms with Gasteiger partial charge in [-0.25, -0.2) is 14.8 Å². The fraction of sp³-hybridized carbons (Fsp3) is 0.600. The Morgan fingerprint density at radius 2 is 2.12 bits per heavy atom. The number of hydrogen-bond donors (Lipinski definition) is 4. The molecule has 4 rings (SSSR count). The summed E-state index contributed by atoms with van der Waals surface area (Å²) in [5.74, 6) is -0.262. The van der Waals surface area contributed by atoms with Gasteiger partial charge in [0.05, 0.1) is 17.7 Å². The normalized spacial score (nSPS) is 27.6. The van der Waals surface area contributed by atoms with E-state index in [1.807, 2.05) is 0 Å². The van der Waals surface area contributed by atoms with Crippen LogP contribution >= 0.6 is 11.8 Å². The minimum atomic E-state index is -1.79. The number of carbonyl (C=O) groups is 2. The Balaban J connectivity index is 1.94. The summed E-state index contributed by atoms with van der Waals surface area (Å²) in [6, 6.07) is 0. The number of thioether (sulfide) groups is 1. The molecule has 180 valence electrons. The first kappa shape index (κ1) is 23.7. The summed E-state index contributed by atoms with van der Waals surface area (Å²) >= 11 is 1.24. The number of carbonyl (C=O) groups excluding carboxylic acids is 2. The Morgan fingerprint density at radius 1 is 1.42 bits per heavy atom. The molecule has 0 saturated carbocycles. The van der Waals surface area contributed by atoms with Crippen LogP contribution in [0.25, 0.3) is 11.0 Å². The first-order chi connectivity index (χ1) is 15.4. The largest absolute Gasteiger partial charge is 0.443 e. The van der Waals surface area contributed by atoms with Gasteiger partial charge in [0.2, 0.25) is 5.91 Å². The lowest BCUT2D eigenvalue weighted by Crippen LogP contribution is -2.44. The summed E-state index contributed by atoms with van der Waals surface area (Å²) < 4.78 is 12.8. The fourth-order valence-electron chi connectivity index (χ4n) is 3.94. The molecular formula is C20H27N5O7S. The molecule has 0 aromatic carbocycles. The maximum absolute atomic E-state index is 13.0. The Morgan fingerprint density at radius 3 is 2.70 bits per heavy atom. The SMILES string of the molecule is CSc1nc2c3c(cn(C4O[C@H](CO)[C@@H](O)[C@]4(C)O)c3n1)N(C(=O)OC(C)(C)C)CC(=O)N2. The highest BCUT2D eigenvalue weighted by Gasteiger charge is 2.53. The highest BCUT2D eigenvalue weighted by atomic mass is 32.2. The maximum Gasteiger partial charge on any atom is 0.415 e. The Bertz CT molecular complexity index is 1110. The molecule has 2 aromatic heterocycles. The summed E-state index contributed by atoms with van der Waals surface area (Å²) in [5, 5.41) is 34.5. The summed E-state index contributed by atoms with van der Waals surface area (Å²) in [5.41, 5.74) is -2.04. The van der Waals surface area contributed by atoms with Crippen molar-refractivity contribution in [3.8, 4) is 0 Å². The zero-order chi connectivity index (χ0) is 24.3. The number of anilines is 2. The second kappa shape index (κ2) is 8.09. The number of amides is 2. The van der Waals surface area contributed by atoms with Gasteiger partial charge in [0.25, 0.3) is 0 Å². The second-order valence-corrected chi connectivity index (χ2v) is 9.95. The molecule has 0 spiro atoms. The Kier molecular flexibility index (Phi) is 5.81. The third kappa shape index (κ3) is 4.04. The molecule has 2 aromatic rings. The number of aliphatic hydroxyl groups excluding tert-OH is 2. The predicted octanol–water partition coefficient (Wildman–Crippen LogP) is 0.848. The van der Waals surface area contributed by atoms with Crippen molar-refractivity contribution in [1.82, 2.24) is 14.5 Å². The summed E-state index contributed by atoms with van der Waals surface area (Å²) in [6.45, 7) is 5.70. The third-order valence-corrected chi connectivity index (χ3v) is 6.01. The molecule has 12 nitrogen and oxygen atoms in total. The second-order valence-electron chi connectivity index (χ2n) is 9.17. The van der Waals surface area contributed by atoms with E-state index < -0.39 is 48.2 Å². The zero-order valence-electron chi connectivity index (χ0n) is 18.9. The number of rotatable bonds is 3. The van der Waals surface area contributed by atoms with E-state index in [-0.39, 0.29) is 23.7 Å². The van der Waals surface area contributed by atoms with E-state index >= 15 is 0 Å². The average Bonchev–Trinajstić information content (AvgIpc) is 3.13. The van der Waals surface area contributed by atoms with E-state index in [1.165, 1.54) is 34.3 Å². The first-order valence-corrected chi connectivity index (χ1v) is 11.5. The molecule has 0 bridgehead atoms. The van der Waals surface area contributed by atoms with Crippen molar-refractivity contribution < 1.29 is 34.4 Å². The molecule has 2 aliphatic rings. The molecule has 1 unspecified atom stereocenters. The van der Waals surface area contributed by atoms with Gasteiger partial charge in [0.1, 0.15) is 35.8 Å². The third-order valence-electron chi connectivity index (χ3n) is 5.47. The van der Waals surface area contributed by atoms with Gasteiger partial charge in [0.15, 0.2) is 17.0 Å². The van der Waals surface area contributed by atoms with Gasteiger partial charge in [-0.15, -0.1) is 0 Å². The van der Waals surface area contributed by atoms with Gasteiger partial charge in [-0.3, -0.25) is 9.69 Å². The van der Waals surface area contributed by atoms with Gasteiger partial charge in [-0.2, -0.15) is 0 Å². The van der Waals surface area contributed by atoms with Crippen molar-refractivity contribution in [2.24, 2.45) is 0 Å². The van der Waals surface area contributed by atoms with Crippen LogP contribution in [0.5, 0.6) is 0 Å². The van der Waals surface area contributed by atoms with Crippen molar-refractivity contribution in [2.45, 2.75) is 62.5 Å². The lowest BCUT2D eigenvalue weighted by atomic mass is 9.96. The molecule has 1 fully saturated rings. The van der Waals surface area contributed by atoms with E-state index in [0.717, 1.165) is 0 Å². The minimum Gasteiger partial charge on any atom is -0.443 e. The summed E-state index contributed by atoms with van der Waals surface area (Å²) in [6.07, 6.45) is -1.02. The van der Waals surface area contributed by atoms with Crippen LogP contribution in [0.15, 0.2) is 11.4 Å². The lowest BCUT2D eigenvalue weighted by molar-refractivity contribution is -0.115. The van der Waals surface area contributed by atoms with Crippen LogP contribution < -0.4 is 10.2 Å². The number of hydrogen-bond acceptors (Lipinski definition) is 10. The molecule has 33 heavy (non-hydrogen) atoms. The zero-order valence-corrected chi connectivity index (χ0v) is 19.7. The van der Waals surface area contributed by atoms with E-state index in [4.69, 9.17) is 9.47 Å². The average molecular weight is 482 g/mol. The Labute approximate surface area is 193 Å². The minimum absolute atomic E-state index is 0.200. The topological polar surface area (TPSA) is 159 Å². The number of nitrogens with one attached hydrogen (secondary N) is 1. The summed E-state index contributed by atoms with van der Waals surface area (Å²) in [4.78, 5) is 35.7. The van der Waals surface area contributed by atoms with Crippen LogP contribution in [0.2, 0.25) is 0 Å². The molecule has 2 amide bonds. The smallest absolute Gasteiger partial charge is 0.415 e. The van der Waals surface area contributed by atoms with Crippen molar-refractivity contribution >= 4 is 46.3 Å². The van der Waals surface area contributed by atoms with Crippen LogP contribution in [0.1, 0.15) is 33.9 Å². The molecule has 1 saturated heterocycles. The van der Waals surface area contributed by atoms with Crippen molar-refractivity contribution in [3.63, 3.8) is 0 Å². The highest BCUT2D eigenvalue weighted by molar-refractivity contribution is 7.98. The summed E-state index contributed by atoms with van der Waals surface area (Å²) in [7, 11) is 0. The molecule has 0 radical (unpaired) electrons. The van der Waals surface area contributed by atoms with Crippen LogP contribution in [-0.2, 0) is 14.3 Å². The van der Waals surface area contributed by atoms with Crippen LogP contribution in [0, 0.1) is 0 Å². The van der Waals surface area contributed by atoms with Gasteiger partial charge in [-0.1, -0.05) is 11.8 Å². The highest BCUT2D eigenvalue weighted by Crippen LogP contribution is 2.44. The van der Waals surface area contributed by atoms with E-state index in [2.05, 4.69) is 15.3 Å². The molecule has 4 N–H and O–H groups in total. The lowest BCUT2D eigenvalue weighted by Gasteiger charge is -2.28. The first-order valence-electron chi connectivity index (χ1n) is 10.3. The monoisotopic (exact) mass is 481 g/mol. The van der Waals surface area contributed by atoms with Gasteiger partial charge in [-0.05, 0) is 34.0 Å². The van der Waals surface area contributed by atoms with Crippen LogP contribution in [0.4, 0.5) is 16.3 Å². The van der Waals surface area contributed by atoms with Crippen molar-refractivity contribution in [2.75, 3.05) is 29.6 Å². The molecule has 0 aliphatic carbocycles. The molecule has 13 heteroatoms. The van der Waals surface area contributed by atoms with E-state index in [0.29, 0.717) is 10.5 Å². The van der Waals surface area contributed by atoms with E-state index in [9.17, 15) is 24.9 Å². The number of ether oxygens (including phenoxy) is 2.